The molecule has 1 amide bonds. The van der Waals surface area contributed by atoms with Crippen LogP contribution < -0.4 is 15.1 Å². The van der Waals surface area contributed by atoms with E-state index >= 15 is 0 Å². The quantitative estimate of drug-likeness (QED) is 0.449. The van der Waals surface area contributed by atoms with E-state index in [-0.39, 0.29) is 11.9 Å². The van der Waals surface area contributed by atoms with Crippen LogP contribution in [0, 0.1) is 0 Å². The number of rotatable bonds is 5. The van der Waals surface area contributed by atoms with Crippen molar-refractivity contribution in [2.24, 2.45) is 0 Å². The molecule has 1 atom stereocenters. The summed E-state index contributed by atoms with van der Waals surface area (Å²) in [6.45, 7) is 3.64. The van der Waals surface area contributed by atoms with Crippen LogP contribution in [0.5, 0.6) is 0 Å². The number of anilines is 3. The smallest absolute Gasteiger partial charge is 0.247 e. The lowest BCUT2D eigenvalue weighted by Crippen LogP contribution is -2.46. The number of aromatic nitrogens is 3. The van der Waals surface area contributed by atoms with Crippen molar-refractivity contribution in [2.75, 3.05) is 48.3 Å². The van der Waals surface area contributed by atoms with Crippen LogP contribution in [-0.4, -0.2) is 65.0 Å². The zero-order valence-corrected chi connectivity index (χ0v) is 20.8. The highest BCUT2D eigenvalue weighted by Crippen LogP contribution is 2.26. The Morgan fingerprint density at radius 2 is 1.62 bits per heavy atom. The Morgan fingerprint density at radius 3 is 2.35 bits per heavy atom. The number of amides is 1. The molecule has 1 saturated heterocycles. The molecule has 186 valence electrons. The Bertz CT molecular complexity index is 1430. The summed E-state index contributed by atoms with van der Waals surface area (Å²) in [6.07, 6.45) is 10.3. The number of fused-ring (bicyclic) bond motifs is 1. The number of hydrogen-bond acceptors (Lipinski definition) is 7. The first-order chi connectivity index (χ1) is 18.1. The minimum absolute atomic E-state index is 0.00960. The fraction of sp³-hybridized carbons (Fsp3) is 0.241. The van der Waals surface area contributed by atoms with Crippen LogP contribution in [0.3, 0.4) is 0 Å². The SMILES string of the molecule is CN1C=CCC1C(=O)Nc1ccc(-c2ccc3ncc(N4CCN(c5ccncc5)CC4)nc3c2)cc1. The van der Waals surface area contributed by atoms with Crippen molar-refractivity contribution in [2.45, 2.75) is 12.5 Å². The normalized spacial score (nSPS) is 17.4. The lowest BCUT2D eigenvalue weighted by atomic mass is 10.0. The molecule has 2 aliphatic rings. The number of nitrogens with zero attached hydrogens (tertiary/aromatic N) is 6. The van der Waals surface area contributed by atoms with Crippen LogP contribution in [0.2, 0.25) is 0 Å². The van der Waals surface area contributed by atoms with Gasteiger partial charge >= 0.3 is 0 Å². The number of hydrogen-bond donors (Lipinski definition) is 1. The second-order valence-corrected chi connectivity index (χ2v) is 9.48. The van der Waals surface area contributed by atoms with Gasteiger partial charge in [-0.05, 0) is 60.1 Å². The van der Waals surface area contributed by atoms with Gasteiger partial charge in [-0.2, -0.15) is 0 Å². The second kappa shape index (κ2) is 9.89. The maximum absolute atomic E-state index is 12.6. The van der Waals surface area contributed by atoms with Crippen molar-refractivity contribution < 1.29 is 4.79 Å². The van der Waals surface area contributed by atoms with E-state index in [1.54, 1.807) is 0 Å². The molecule has 0 saturated carbocycles. The fourth-order valence-corrected chi connectivity index (χ4v) is 4.97. The molecule has 0 radical (unpaired) electrons. The first-order valence-electron chi connectivity index (χ1n) is 12.6. The second-order valence-electron chi connectivity index (χ2n) is 9.48. The standard InChI is InChI=1S/C29H29N7O/c1-34-14-2-3-27(34)29(37)32-23-7-4-21(5-8-23)22-6-9-25-26(19-22)33-28(20-31-25)36-17-15-35(16-18-36)24-10-12-30-13-11-24/h2,4-14,19-20,27H,3,15-18H2,1H3,(H,32,37). The fourth-order valence-electron chi connectivity index (χ4n) is 4.97. The summed E-state index contributed by atoms with van der Waals surface area (Å²) in [6, 6.07) is 18.1. The van der Waals surface area contributed by atoms with Gasteiger partial charge in [-0.3, -0.25) is 14.8 Å². The molecule has 4 aromatic rings. The van der Waals surface area contributed by atoms with Gasteiger partial charge in [0.2, 0.25) is 5.91 Å². The first-order valence-corrected chi connectivity index (χ1v) is 12.6. The molecule has 0 bridgehead atoms. The predicted octanol–water partition coefficient (Wildman–Crippen LogP) is 4.17. The molecule has 37 heavy (non-hydrogen) atoms. The maximum Gasteiger partial charge on any atom is 0.247 e. The summed E-state index contributed by atoms with van der Waals surface area (Å²) >= 11 is 0. The van der Waals surface area contributed by atoms with E-state index in [1.165, 1.54) is 5.69 Å². The number of piperazine rings is 1. The molecule has 4 heterocycles. The van der Waals surface area contributed by atoms with Crippen molar-refractivity contribution in [3.8, 4) is 11.1 Å². The van der Waals surface area contributed by atoms with Crippen LogP contribution in [0.15, 0.2) is 85.5 Å². The predicted molar refractivity (Wildman–Crippen MR) is 148 cm³/mol. The van der Waals surface area contributed by atoms with Crippen molar-refractivity contribution in [3.63, 3.8) is 0 Å². The highest BCUT2D eigenvalue weighted by molar-refractivity contribution is 5.95. The van der Waals surface area contributed by atoms with Gasteiger partial charge in [0.15, 0.2) is 0 Å². The highest BCUT2D eigenvalue weighted by Gasteiger charge is 2.23. The van der Waals surface area contributed by atoms with Crippen molar-refractivity contribution in [1.29, 1.82) is 0 Å². The van der Waals surface area contributed by atoms with Crippen LogP contribution >= 0.6 is 0 Å². The molecule has 8 nitrogen and oxygen atoms in total. The molecule has 0 spiro atoms. The number of benzene rings is 2. The van der Waals surface area contributed by atoms with E-state index in [9.17, 15) is 4.79 Å². The largest absolute Gasteiger partial charge is 0.369 e. The Hall–Kier alpha value is -4.46. The van der Waals surface area contributed by atoms with Crippen molar-refractivity contribution >= 4 is 34.1 Å². The van der Waals surface area contributed by atoms with Gasteiger partial charge in [0, 0.05) is 57.0 Å². The molecule has 1 N–H and O–H groups in total. The summed E-state index contributed by atoms with van der Waals surface area (Å²) < 4.78 is 0. The van der Waals surface area contributed by atoms with Gasteiger partial charge in [-0.15, -0.1) is 0 Å². The van der Waals surface area contributed by atoms with Gasteiger partial charge < -0.3 is 20.0 Å². The first kappa shape index (κ1) is 23.0. The Morgan fingerprint density at radius 1 is 0.892 bits per heavy atom. The van der Waals surface area contributed by atoms with E-state index in [4.69, 9.17) is 4.98 Å². The Labute approximate surface area is 216 Å². The molecule has 1 fully saturated rings. The zero-order chi connectivity index (χ0) is 25.2. The van der Waals surface area contributed by atoms with Gasteiger partial charge in [-0.25, -0.2) is 4.98 Å². The van der Waals surface area contributed by atoms with Crippen molar-refractivity contribution in [3.05, 3.63) is 85.5 Å². The molecule has 2 aromatic carbocycles. The van der Waals surface area contributed by atoms with Gasteiger partial charge in [0.05, 0.1) is 17.2 Å². The minimum Gasteiger partial charge on any atom is -0.369 e. The van der Waals surface area contributed by atoms with Crippen molar-refractivity contribution in [1.82, 2.24) is 19.9 Å². The van der Waals surface area contributed by atoms with Crippen LogP contribution in [0.1, 0.15) is 6.42 Å². The monoisotopic (exact) mass is 491 g/mol. The molecule has 6 rings (SSSR count). The molecular formula is C29H29N7O. The van der Waals surface area contributed by atoms with Crippen LogP contribution in [0.25, 0.3) is 22.2 Å². The van der Waals surface area contributed by atoms with Gasteiger partial charge in [0.1, 0.15) is 11.9 Å². The number of carbonyl (C=O) groups excluding carboxylic acids is 1. The lowest BCUT2D eigenvalue weighted by molar-refractivity contribution is -0.119. The highest BCUT2D eigenvalue weighted by atomic mass is 16.2. The third-order valence-electron chi connectivity index (χ3n) is 7.14. The summed E-state index contributed by atoms with van der Waals surface area (Å²) in [5.41, 5.74) is 5.89. The van der Waals surface area contributed by atoms with Crippen LogP contribution in [0.4, 0.5) is 17.2 Å². The van der Waals surface area contributed by atoms with Gasteiger partial charge in [-0.1, -0.05) is 24.3 Å². The Kier molecular flexibility index (Phi) is 6.14. The molecular weight excluding hydrogens is 462 g/mol. The number of nitrogens with one attached hydrogen (secondary N) is 1. The lowest BCUT2D eigenvalue weighted by Gasteiger charge is -2.36. The van der Waals surface area contributed by atoms with Gasteiger partial charge in [0.25, 0.3) is 0 Å². The minimum atomic E-state index is -0.147. The topological polar surface area (TPSA) is 77.5 Å². The summed E-state index contributed by atoms with van der Waals surface area (Å²) in [4.78, 5) is 32.9. The number of carbonyl (C=O) groups is 1. The van der Waals surface area contributed by atoms with E-state index in [0.717, 1.165) is 66.3 Å². The molecule has 8 heteroatoms. The van der Waals surface area contributed by atoms with E-state index in [1.807, 2.05) is 73.1 Å². The Balaban J connectivity index is 1.15. The number of likely N-dealkylation sites (N-methyl/N-ethyl adjacent to an activating group) is 1. The summed E-state index contributed by atoms with van der Waals surface area (Å²) in [5.74, 6) is 0.916. The molecule has 0 aliphatic carbocycles. The summed E-state index contributed by atoms with van der Waals surface area (Å²) in [7, 11) is 1.92. The summed E-state index contributed by atoms with van der Waals surface area (Å²) in [5, 5.41) is 3.02. The molecule has 2 aliphatic heterocycles. The van der Waals surface area contributed by atoms with E-state index in [2.05, 4.69) is 49.4 Å². The zero-order valence-electron chi connectivity index (χ0n) is 20.8. The molecule has 2 aromatic heterocycles. The number of pyridine rings is 1. The molecule has 1 unspecified atom stereocenters. The van der Waals surface area contributed by atoms with Crippen LogP contribution in [-0.2, 0) is 4.79 Å². The average molecular weight is 492 g/mol. The van der Waals surface area contributed by atoms with E-state index < -0.39 is 0 Å². The van der Waals surface area contributed by atoms with E-state index in [0.29, 0.717) is 0 Å². The third-order valence-corrected chi connectivity index (χ3v) is 7.14. The average Bonchev–Trinajstić information content (AvgIpc) is 3.39. The third kappa shape index (κ3) is 4.82. The maximum atomic E-state index is 12.6.